The van der Waals surface area contributed by atoms with Gasteiger partial charge in [-0.25, -0.2) is 13.2 Å². The lowest BCUT2D eigenvalue weighted by molar-refractivity contribution is 0.0973. The molecule has 1 atom stereocenters. The fourth-order valence-electron chi connectivity index (χ4n) is 3.18. The molecule has 9 heteroatoms. The smallest absolute Gasteiger partial charge is 0.407 e. The number of sulfone groups is 1. The van der Waals surface area contributed by atoms with Crippen LogP contribution in [0.4, 0.5) is 4.79 Å². The zero-order chi connectivity index (χ0) is 23.3. The topological polar surface area (TPSA) is 115 Å². The van der Waals surface area contributed by atoms with Gasteiger partial charge in [0.1, 0.15) is 5.75 Å². The van der Waals surface area contributed by atoms with E-state index in [2.05, 4.69) is 0 Å². The average molecular weight is 476 g/mol. The van der Waals surface area contributed by atoms with Gasteiger partial charge in [0.05, 0.1) is 22.4 Å². The summed E-state index contributed by atoms with van der Waals surface area (Å²) in [6, 6.07) is 18.1. The van der Waals surface area contributed by atoms with Crippen LogP contribution in [0.3, 0.4) is 0 Å². The summed E-state index contributed by atoms with van der Waals surface area (Å²) in [6.45, 7) is -0.00868. The molecule has 0 bridgehead atoms. The van der Waals surface area contributed by atoms with E-state index in [1.54, 1.807) is 36.4 Å². The predicted molar refractivity (Wildman–Crippen MR) is 120 cm³/mol. The number of carboxylic acid groups (broad SMARTS) is 1. The molecule has 0 unspecified atom stereocenters. The molecule has 3 aromatic rings. The van der Waals surface area contributed by atoms with Crippen LogP contribution in [-0.2, 0) is 16.3 Å². The lowest BCUT2D eigenvalue weighted by atomic mass is 10.1. The molecular formula is C23H22ClNO6S. The van der Waals surface area contributed by atoms with Crippen molar-refractivity contribution in [2.45, 2.75) is 22.3 Å². The molecule has 168 valence electrons. The molecule has 3 N–H and O–H groups in total. The number of nitrogens with zero attached hydrogens (tertiary/aromatic N) is 1. The average Bonchev–Trinajstić information content (AvgIpc) is 2.76. The van der Waals surface area contributed by atoms with Gasteiger partial charge in [0.15, 0.2) is 0 Å². The number of aromatic hydroxyl groups is 1. The molecule has 1 amide bonds. The fraction of sp³-hybridized carbons (Fsp3) is 0.174. The lowest BCUT2D eigenvalue weighted by Gasteiger charge is -2.23. The van der Waals surface area contributed by atoms with Crippen molar-refractivity contribution in [1.29, 1.82) is 0 Å². The van der Waals surface area contributed by atoms with E-state index in [4.69, 9.17) is 11.6 Å². The van der Waals surface area contributed by atoms with E-state index in [9.17, 15) is 28.5 Å². The highest BCUT2D eigenvalue weighted by atomic mass is 35.5. The van der Waals surface area contributed by atoms with Crippen molar-refractivity contribution >= 4 is 27.5 Å². The second-order valence-corrected chi connectivity index (χ2v) is 9.58. The summed E-state index contributed by atoms with van der Waals surface area (Å²) in [5.74, 6) is -0.142. The van der Waals surface area contributed by atoms with Crippen molar-refractivity contribution in [3.05, 3.63) is 88.9 Å². The van der Waals surface area contributed by atoms with Crippen molar-refractivity contribution in [2.24, 2.45) is 0 Å². The van der Waals surface area contributed by atoms with Gasteiger partial charge in [0.2, 0.25) is 9.84 Å². The van der Waals surface area contributed by atoms with E-state index < -0.39 is 22.0 Å². The molecule has 0 fully saturated rings. The monoisotopic (exact) mass is 475 g/mol. The Labute approximate surface area is 191 Å². The SMILES string of the molecule is O=C(O)N(CCc1ccc(S(=O)(=O)c2cccc(O)c2)cc1)C[C@H](O)c1cccc(Cl)c1. The maximum Gasteiger partial charge on any atom is 0.407 e. The lowest BCUT2D eigenvalue weighted by Crippen LogP contribution is -2.35. The van der Waals surface area contributed by atoms with Crippen LogP contribution in [0.1, 0.15) is 17.2 Å². The van der Waals surface area contributed by atoms with E-state index >= 15 is 0 Å². The molecule has 0 aliphatic carbocycles. The van der Waals surface area contributed by atoms with Gasteiger partial charge in [0.25, 0.3) is 0 Å². The Balaban J connectivity index is 1.67. The van der Waals surface area contributed by atoms with Crippen LogP contribution < -0.4 is 0 Å². The van der Waals surface area contributed by atoms with E-state index in [1.165, 1.54) is 36.4 Å². The van der Waals surface area contributed by atoms with Crippen molar-refractivity contribution in [3.8, 4) is 5.75 Å². The summed E-state index contributed by atoms with van der Waals surface area (Å²) in [5, 5.41) is 29.8. The van der Waals surface area contributed by atoms with Crippen LogP contribution in [0.5, 0.6) is 5.75 Å². The molecule has 0 spiro atoms. The molecule has 3 rings (SSSR count). The first kappa shape index (κ1) is 23.6. The van der Waals surface area contributed by atoms with Crippen LogP contribution in [0.25, 0.3) is 0 Å². The van der Waals surface area contributed by atoms with E-state index in [1.807, 2.05) is 0 Å². The molecule has 0 heterocycles. The standard InChI is InChI=1S/C23H22ClNO6S/c24-18-4-1-3-17(13-18)22(27)15-25(23(28)29)12-11-16-7-9-20(10-8-16)32(30,31)21-6-2-5-19(26)14-21/h1-10,13-14,22,26-27H,11-12,15H2,(H,28,29)/t22-/m0/s1. The predicted octanol–water partition coefficient (Wildman–Crippen LogP) is 4.13. The first-order chi connectivity index (χ1) is 15.2. The fourth-order valence-corrected chi connectivity index (χ4v) is 4.68. The number of benzene rings is 3. The second kappa shape index (κ2) is 10.0. The number of aliphatic hydroxyl groups is 1. The number of phenols is 1. The third-order valence-corrected chi connectivity index (χ3v) is 6.93. The zero-order valence-electron chi connectivity index (χ0n) is 16.9. The van der Waals surface area contributed by atoms with Gasteiger partial charge in [-0.3, -0.25) is 0 Å². The van der Waals surface area contributed by atoms with Crippen LogP contribution in [0.15, 0.2) is 82.6 Å². The van der Waals surface area contributed by atoms with Gasteiger partial charge in [-0.05, 0) is 60.0 Å². The summed E-state index contributed by atoms with van der Waals surface area (Å²) in [4.78, 5) is 12.8. The quantitative estimate of drug-likeness (QED) is 0.451. The summed E-state index contributed by atoms with van der Waals surface area (Å²) in [6.07, 6.45) is -1.87. The highest BCUT2D eigenvalue weighted by molar-refractivity contribution is 7.91. The molecule has 7 nitrogen and oxygen atoms in total. The Hall–Kier alpha value is -3.07. The minimum absolute atomic E-state index is 0.0164. The van der Waals surface area contributed by atoms with Crippen LogP contribution in [0, 0.1) is 0 Å². The first-order valence-electron chi connectivity index (χ1n) is 9.71. The molecule has 0 saturated heterocycles. The van der Waals surface area contributed by atoms with Crippen LogP contribution >= 0.6 is 11.6 Å². The maximum absolute atomic E-state index is 12.7. The number of hydrogen-bond acceptors (Lipinski definition) is 5. The molecule has 0 aromatic heterocycles. The third-order valence-electron chi connectivity index (χ3n) is 4.93. The van der Waals surface area contributed by atoms with E-state index in [0.717, 1.165) is 10.5 Å². The molecule has 0 radical (unpaired) electrons. The Morgan fingerprint density at radius 1 is 0.969 bits per heavy atom. The Morgan fingerprint density at radius 3 is 2.28 bits per heavy atom. The maximum atomic E-state index is 12.7. The Kier molecular flexibility index (Phi) is 7.40. The molecule has 32 heavy (non-hydrogen) atoms. The number of carbonyl (C=O) groups is 1. The van der Waals surface area contributed by atoms with Crippen molar-refractivity contribution in [3.63, 3.8) is 0 Å². The van der Waals surface area contributed by atoms with Gasteiger partial charge in [-0.2, -0.15) is 0 Å². The van der Waals surface area contributed by atoms with Crippen molar-refractivity contribution in [1.82, 2.24) is 4.90 Å². The summed E-state index contributed by atoms with van der Waals surface area (Å²) in [7, 11) is -3.78. The Morgan fingerprint density at radius 2 is 1.66 bits per heavy atom. The van der Waals surface area contributed by atoms with Gasteiger partial charge < -0.3 is 20.2 Å². The second-order valence-electron chi connectivity index (χ2n) is 7.19. The van der Waals surface area contributed by atoms with E-state index in [-0.39, 0.29) is 28.6 Å². The number of aliphatic hydroxyl groups excluding tert-OH is 1. The molecule has 0 aliphatic rings. The normalized spacial score (nSPS) is 12.3. The molecule has 0 saturated carbocycles. The highest BCUT2D eigenvalue weighted by Gasteiger charge is 2.20. The molecule has 0 aliphatic heterocycles. The summed E-state index contributed by atoms with van der Waals surface area (Å²) < 4.78 is 25.4. The minimum Gasteiger partial charge on any atom is -0.508 e. The van der Waals surface area contributed by atoms with Crippen molar-refractivity contribution < 1.29 is 28.5 Å². The Bertz CT molecular complexity index is 1200. The number of amides is 1. The number of phenolic OH excluding ortho intramolecular Hbond substituents is 1. The molecule has 3 aromatic carbocycles. The first-order valence-corrected chi connectivity index (χ1v) is 11.6. The largest absolute Gasteiger partial charge is 0.508 e. The van der Waals surface area contributed by atoms with Gasteiger partial charge in [0, 0.05) is 11.6 Å². The molecular weight excluding hydrogens is 454 g/mol. The van der Waals surface area contributed by atoms with Crippen LogP contribution in [0.2, 0.25) is 5.02 Å². The van der Waals surface area contributed by atoms with Crippen LogP contribution in [-0.4, -0.2) is 47.8 Å². The zero-order valence-corrected chi connectivity index (χ0v) is 18.5. The van der Waals surface area contributed by atoms with Crippen molar-refractivity contribution in [2.75, 3.05) is 13.1 Å². The number of hydrogen-bond donors (Lipinski definition) is 3. The number of rotatable bonds is 8. The third kappa shape index (κ3) is 5.79. The highest BCUT2D eigenvalue weighted by Crippen LogP contribution is 2.24. The van der Waals surface area contributed by atoms with E-state index in [0.29, 0.717) is 17.0 Å². The van der Waals surface area contributed by atoms with Gasteiger partial charge in [-0.1, -0.05) is 41.9 Å². The minimum atomic E-state index is -3.78. The summed E-state index contributed by atoms with van der Waals surface area (Å²) >= 11 is 5.92. The van der Waals surface area contributed by atoms with Gasteiger partial charge >= 0.3 is 6.09 Å². The number of halogens is 1. The summed E-state index contributed by atoms with van der Waals surface area (Å²) in [5.41, 5.74) is 1.26. The van der Waals surface area contributed by atoms with Gasteiger partial charge in [-0.15, -0.1) is 0 Å².